The third kappa shape index (κ3) is 3.67. The van der Waals surface area contributed by atoms with Crippen LogP contribution in [0, 0.1) is 12.8 Å². The Labute approximate surface area is 92.9 Å². The highest BCUT2D eigenvalue weighted by Crippen LogP contribution is 2.12. The van der Waals surface area contributed by atoms with Gasteiger partial charge in [0.1, 0.15) is 5.82 Å². The van der Waals surface area contributed by atoms with Crippen molar-refractivity contribution in [3.05, 3.63) is 18.2 Å². The molecule has 0 saturated heterocycles. The van der Waals surface area contributed by atoms with E-state index >= 15 is 0 Å². The van der Waals surface area contributed by atoms with Gasteiger partial charge in [-0.2, -0.15) is 0 Å². The molecular formula is C12H23N3. The molecule has 0 radical (unpaired) electrons. The first kappa shape index (κ1) is 12.2. The molecule has 1 heterocycles. The molecule has 1 N–H and O–H groups in total. The molecule has 0 aromatic carbocycles. The molecule has 1 aromatic rings. The molecule has 0 bridgehead atoms. The number of nitrogens with zero attached hydrogens (tertiary/aromatic N) is 2. The van der Waals surface area contributed by atoms with Crippen molar-refractivity contribution in [2.75, 3.05) is 13.1 Å². The van der Waals surface area contributed by atoms with Gasteiger partial charge in [-0.3, -0.25) is 0 Å². The second kappa shape index (κ2) is 5.91. The van der Waals surface area contributed by atoms with Crippen LogP contribution >= 0.6 is 0 Å². The van der Waals surface area contributed by atoms with Gasteiger partial charge >= 0.3 is 0 Å². The van der Waals surface area contributed by atoms with Gasteiger partial charge in [0.2, 0.25) is 0 Å². The lowest BCUT2D eigenvalue weighted by atomic mass is 10.2. The smallest absolute Gasteiger partial charge is 0.105 e. The average Bonchev–Trinajstić information content (AvgIpc) is 2.59. The van der Waals surface area contributed by atoms with E-state index in [4.69, 9.17) is 0 Å². The molecule has 86 valence electrons. The molecule has 3 nitrogen and oxygen atoms in total. The fraction of sp³-hybridized carbons (Fsp3) is 0.750. The monoisotopic (exact) mass is 209 g/mol. The van der Waals surface area contributed by atoms with Crippen molar-refractivity contribution in [2.45, 2.75) is 40.2 Å². The fourth-order valence-electron chi connectivity index (χ4n) is 1.75. The van der Waals surface area contributed by atoms with Gasteiger partial charge in [0.25, 0.3) is 0 Å². The predicted octanol–water partition coefficient (Wildman–Crippen LogP) is 2.39. The molecule has 0 aliphatic heterocycles. The second-order valence-corrected chi connectivity index (χ2v) is 4.50. The third-order valence-electron chi connectivity index (χ3n) is 2.66. The van der Waals surface area contributed by atoms with Crippen molar-refractivity contribution < 1.29 is 0 Å². The summed E-state index contributed by atoms with van der Waals surface area (Å²) >= 11 is 0. The van der Waals surface area contributed by atoms with Crippen molar-refractivity contribution in [1.82, 2.24) is 14.9 Å². The SMILES string of the molecule is CCC(CNCC(C)C)n1ccnc1C. The van der Waals surface area contributed by atoms with Crippen LogP contribution in [0.5, 0.6) is 0 Å². The highest BCUT2D eigenvalue weighted by molar-refractivity contribution is 4.92. The number of nitrogens with one attached hydrogen (secondary N) is 1. The van der Waals surface area contributed by atoms with Gasteiger partial charge in [-0.15, -0.1) is 0 Å². The molecule has 1 rings (SSSR count). The zero-order valence-corrected chi connectivity index (χ0v) is 10.3. The van der Waals surface area contributed by atoms with Gasteiger partial charge in [0, 0.05) is 25.0 Å². The fourth-order valence-corrected chi connectivity index (χ4v) is 1.75. The Balaban J connectivity index is 2.46. The van der Waals surface area contributed by atoms with E-state index in [1.807, 2.05) is 6.20 Å². The van der Waals surface area contributed by atoms with Crippen LogP contribution in [0.1, 0.15) is 39.1 Å². The summed E-state index contributed by atoms with van der Waals surface area (Å²) < 4.78 is 2.26. The van der Waals surface area contributed by atoms with E-state index in [0.717, 1.165) is 25.3 Å². The van der Waals surface area contributed by atoms with Crippen LogP contribution in [0.25, 0.3) is 0 Å². The van der Waals surface area contributed by atoms with Crippen LogP contribution in [0.2, 0.25) is 0 Å². The molecule has 15 heavy (non-hydrogen) atoms. The average molecular weight is 209 g/mol. The van der Waals surface area contributed by atoms with Crippen LogP contribution in [0.15, 0.2) is 12.4 Å². The number of imidazole rings is 1. The summed E-state index contributed by atoms with van der Waals surface area (Å²) in [7, 11) is 0. The third-order valence-corrected chi connectivity index (χ3v) is 2.66. The number of hydrogen-bond donors (Lipinski definition) is 1. The van der Waals surface area contributed by atoms with Crippen molar-refractivity contribution >= 4 is 0 Å². The lowest BCUT2D eigenvalue weighted by Gasteiger charge is -2.19. The van der Waals surface area contributed by atoms with Crippen molar-refractivity contribution in [2.24, 2.45) is 5.92 Å². The Morgan fingerprint density at radius 1 is 1.40 bits per heavy atom. The molecule has 1 unspecified atom stereocenters. The lowest BCUT2D eigenvalue weighted by Crippen LogP contribution is -2.28. The van der Waals surface area contributed by atoms with Gasteiger partial charge < -0.3 is 9.88 Å². The number of rotatable bonds is 6. The van der Waals surface area contributed by atoms with Crippen LogP contribution in [0.4, 0.5) is 0 Å². The molecule has 3 heteroatoms. The zero-order valence-electron chi connectivity index (χ0n) is 10.3. The van der Waals surface area contributed by atoms with Gasteiger partial charge in [-0.05, 0) is 25.8 Å². The number of hydrogen-bond acceptors (Lipinski definition) is 2. The summed E-state index contributed by atoms with van der Waals surface area (Å²) in [6, 6.07) is 0.534. The van der Waals surface area contributed by atoms with Gasteiger partial charge in [0.15, 0.2) is 0 Å². The molecular weight excluding hydrogens is 186 g/mol. The number of aromatic nitrogens is 2. The van der Waals surface area contributed by atoms with Gasteiger partial charge in [-0.25, -0.2) is 4.98 Å². The first-order valence-corrected chi connectivity index (χ1v) is 5.85. The largest absolute Gasteiger partial charge is 0.331 e. The maximum absolute atomic E-state index is 4.26. The highest BCUT2D eigenvalue weighted by atomic mass is 15.1. The van der Waals surface area contributed by atoms with Crippen molar-refractivity contribution in [1.29, 1.82) is 0 Å². The van der Waals surface area contributed by atoms with Gasteiger partial charge in [0.05, 0.1) is 0 Å². The molecule has 1 aromatic heterocycles. The minimum Gasteiger partial charge on any atom is -0.331 e. The Hall–Kier alpha value is -0.830. The summed E-state index contributed by atoms with van der Waals surface area (Å²) in [4.78, 5) is 4.26. The predicted molar refractivity (Wildman–Crippen MR) is 64.0 cm³/mol. The summed E-state index contributed by atoms with van der Waals surface area (Å²) in [5, 5.41) is 3.50. The topological polar surface area (TPSA) is 29.9 Å². The van der Waals surface area contributed by atoms with E-state index in [1.54, 1.807) is 0 Å². The molecule has 0 aliphatic rings. The quantitative estimate of drug-likeness (QED) is 0.779. The molecule has 0 saturated carbocycles. The standard InChI is InChI=1S/C12H23N3/c1-5-12(9-13-8-10(2)3)15-7-6-14-11(15)4/h6-7,10,12-13H,5,8-9H2,1-4H3. The lowest BCUT2D eigenvalue weighted by molar-refractivity contribution is 0.422. The van der Waals surface area contributed by atoms with Crippen molar-refractivity contribution in [3.63, 3.8) is 0 Å². The summed E-state index contributed by atoms with van der Waals surface area (Å²) in [5.74, 6) is 1.82. The van der Waals surface area contributed by atoms with Crippen LogP contribution < -0.4 is 5.32 Å². The van der Waals surface area contributed by atoms with E-state index in [0.29, 0.717) is 12.0 Å². The minimum atomic E-state index is 0.534. The van der Waals surface area contributed by atoms with Crippen molar-refractivity contribution in [3.8, 4) is 0 Å². The first-order valence-electron chi connectivity index (χ1n) is 5.85. The van der Waals surface area contributed by atoms with E-state index < -0.39 is 0 Å². The van der Waals surface area contributed by atoms with Crippen LogP contribution in [0.3, 0.4) is 0 Å². The molecule has 0 spiro atoms. The Kier molecular flexibility index (Phi) is 4.82. The molecule has 0 aliphatic carbocycles. The van der Waals surface area contributed by atoms with E-state index in [1.165, 1.54) is 0 Å². The first-order chi connectivity index (χ1) is 7.15. The van der Waals surface area contributed by atoms with E-state index in [2.05, 4.69) is 48.8 Å². The second-order valence-electron chi connectivity index (χ2n) is 4.50. The highest BCUT2D eigenvalue weighted by Gasteiger charge is 2.09. The molecule has 0 fully saturated rings. The summed E-state index contributed by atoms with van der Waals surface area (Å²) in [6.07, 6.45) is 5.09. The Morgan fingerprint density at radius 3 is 2.60 bits per heavy atom. The normalized spacial score (nSPS) is 13.4. The number of aryl methyl sites for hydroxylation is 1. The molecule has 0 amide bonds. The van der Waals surface area contributed by atoms with Crippen LogP contribution in [-0.4, -0.2) is 22.6 Å². The van der Waals surface area contributed by atoms with E-state index in [9.17, 15) is 0 Å². The Morgan fingerprint density at radius 2 is 2.13 bits per heavy atom. The molecule has 1 atom stereocenters. The van der Waals surface area contributed by atoms with E-state index in [-0.39, 0.29) is 0 Å². The summed E-state index contributed by atoms with van der Waals surface area (Å²) in [5.41, 5.74) is 0. The van der Waals surface area contributed by atoms with Gasteiger partial charge in [-0.1, -0.05) is 20.8 Å². The minimum absolute atomic E-state index is 0.534. The maximum atomic E-state index is 4.26. The van der Waals surface area contributed by atoms with Crippen LogP contribution in [-0.2, 0) is 0 Å². The summed E-state index contributed by atoms with van der Waals surface area (Å²) in [6.45, 7) is 10.9. The Bertz CT molecular complexity index is 278. The zero-order chi connectivity index (χ0) is 11.3. The maximum Gasteiger partial charge on any atom is 0.105 e.